The Balaban J connectivity index is 1.53. The van der Waals surface area contributed by atoms with E-state index < -0.39 is 0 Å². The Morgan fingerprint density at radius 2 is 1.67 bits per heavy atom. The highest BCUT2D eigenvalue weighted by atomic mass is 16.1. The van der Waals surface area contributed by atoms with Crippen molar-refractivity contribution in [2.45, 2.75) is 20.0 Å². The zero-order valence-electron chi connectivity index (χ0n) is 17.2. The number of guanidine groups is 1. The number of nitrogens with one attached hydrogen (secondary N) is 3. The van der Waals surface area contributed by atoms with Crippen LogP contribution in [0.15, 0.2) is 78.0 Å². The van der Waals surface area contributed by atoms with Crippen molar-refractivity contribution in [3.8, 4) is 0 Å². The molecule has 1 amide bonds. The van der Waals surface area contributed by atoms with Gasteiger partial charge in [0.05, 0.1) is 13.1 Å². The van der Waals surface area contributed by atoms with Gasteiger partial charge in [0.1, 0.15) is 0 Å². The summed E-state index contributed by atoms with van der Waals surface area (Å²) < 4.78 is 1.90. The number of carbonyl (C=O) groups is 1. The lowest BCUT2D eigenvalue weighted by Crippen LogP contribution is -2.41. The molecule has 0 saturated carbocycles. The lowest BCUT2D eigenvalue weighted by atomic mass is 10.1. The van der Waals surface area contributed by atoms with Gasteiger partial charge in [-0.05, 0) is 36.2 Å². The fourth-order valence-electron chi connectivity index (χ4n) is 2.99. The molecule has 0 fully saturated rings. The van der Waals surface area contributed by atoms with E-state index in [0.29, 0.717) is 31.7 Å². The van der Waals surface area contributed by atoms with E-state index in [4.69, 9.17) is 4.99 Å². The van der Waals surface area contributed by atoms with Crippen molar-refractivity contribution < 1.29 is 4.79 Å². The zero-order valence-corrected chi connectivity index (χ0v) is 17.2. The minimum Gasteiger partial charge on any atom is -0.357 e. The number of aromatic nitrogens is 2. The first-order valence-corrected chi connectivity index (χ1v) is 10.2. The molecule has 30 heavy (non-hydrogen) atoms. The second kappa shape index (κ2) is 11.4. The van der Waals surface area contributed by atoms with Gasteiger partial charge < -0.3 is 16.0 Å². The molecule has 7 heteroatoms. The summed E-state index contributed by atoms with van der Waals surface area (Å²) in [6, 6.07) is 19.4. The first-order valence-electron chi connectivity index (χ1n) is 10.2. The predicted octanol–water partition coefficient (Wildman–Crippen LogP) is 2.42. The maximum atomic E-state index is 12.1. The molecule has 0 aliphatic carbocycles. The minimum absolute atomic E-state index is 0.0770. The molecule has 0 radical (unpaired) electrons. The maximum absolute atomic E-state index is 12.1. The van der Waals surface area contributed by atoms with Crippen LogP contribution in [0.4, 0.5) is 0 Å². The second-order valence-corrected chi connectivity index (χ2v) is 6.72. The van der Waals surface area contributed by atoms with Crippen molar-refractivity contribution in [3.63, 3.8) is 0 Å². The van der Waals surface area contributed by atoms with Crippen LogP contribution < -0.4 is 16.0 Å². The largest absolute Gasteiger partial charge is 0.357 e. The molecule has 2 aromatic carbocycles. The van der Waals surface area contributed by atoms with E-state index >= 15 is 0 Å². The van der Waals surface area contributed by atoms with E-state index in [9.17, 15) is 4.79 Å². The SMILES string of the molecule is CCNC(=NCc1ccccc1Cn1cccn1)NCCNC(=O)c1ccccc1. The molecule has 7 nitrogen and oxygen atoms in total. The summed E-state index contributed by atoms with van der Waals surface area (Å²) in [5.74, 6) is 0.646. The van der Waals surface area contributed by atoms with Gasteiger partial charge in [-0.1, -0.05) is 42.5 Å². The van der Waals surface area contributed by atoms with Crippen molar-refractivity contribution in [1.82, 2.24) is 25.7 Å². The lowest BCUT2D eigenvalue weighted by Gasteiger charge is -2.13. The molecule has 0 aliphatic rings. The van der Waals surface area contributed by atoms with Gasteiger partial charge in [-0.2, -0.15) is 5.10 Å². The zero-order chi connectivity index (χ0) is 21.0. The molecule has 3 rings (SSSR count). The van der Waals surface area contributed by atoms with Crippen LogP contribution in [-0.4, -0.2) is 41.3 Å². The summed E-state index contributed by atoms with van der Waals surface area (Å²) in [4.78, 5) is 16.8. The third kappa shape index (κ3) is 6.48. The number of rotatable bonds is 9. The van der Waals surface area contributed by atoms with Crippen LogP contribution >= 0.6 is 0 Å². The van der Waals surface area contributed by atoms with Gasteiger partial charge in [-0.3, -0.25) is 9.48 Å². The van der Waals surface area contributed by atoms with Crippen LogP contribution in [0.25, 0.3) is 0 Å². The summed E-state index contributed by atoms with van der Waals surface area (Å²) in [6.45, 7) is 5.15. The Hall–Kier alpha value is -3.61. The summed E-state index contributed by atoms with van der Waals surface area (Å²) in [5, 5.41) is 13.7. The van der Waals surface area contributed by atoms with Crippen molar-refractivity contribution in [2.24, 2.45) is 4.99 Å². The summed E-state index contributed by atoms with van der Waals surface area (Å²) >= 11 is 0. The molecule has 0 saturated heterocycles. The Morgan fingerprint density at radius 1 is 0.933 bits per heavy atom. The average molecular weight is 405 g/mol. The maximum Gasteiger partial charge on any atom is 0.251 e. The third-order valence-electron chi connectivity index (χ3n) is 4.50. The molecule has 3 aromatic rings. The van der Waals surface area contributed by atoms with Crippen LogP contribution in [0.5, 0.6) is 0 Å². The number of carbonyl (C=O) groups excluding carboxylic acids is 1. The summed E-state index contributed by atoms with van der Waals surface area (Å²) in [7, 11) is 0. The van der Waals surface area contributed by atoms with E-state index in [0.717, 1.165) is 18.1 Å². The minimum atomic E-state index is -0.0770. The van der Waals surface area contributed by atoms with Crippen LogP contribution in [0.1, 0.15) is 28.4 Å². The van der Waals surface area contributed by atoms with Crippen molar-refractivity contribution in [2.75, 3.05) is 19.6 Å². The molecule has 0 atom stereocenters. The first-order chi connectivity index (χ1) is 14.8. The normalized spacial score (nSPS) is 11.2. The topological polar surface area (TPSA) is 83.3 Å². The van der Waals surface area contributed by atoms with Gasteiger partial charge in [-0.25, -0.2) is 4.99 Å². The number of aliphatic imine (C=N–C) groups is 1. The Bertz CT molecular complexity index is 937. The summed E-state index contributed by atoms with van der Waals surface area (Å²) in [6.07, 6.45) is 3.74. The molecule has 1 heterocycles. The fourth-order valence-corrected chi connectivity index (χ4v) is 2.99. The van der Waals surface area contributed by atoms with Crippen molar-refractivity contribution >= 4 is 11.9 Å². The highest BCUT2D eigenvalue weighted by Gasteiger charge is 2.05. The van der Waals surface area contributed by atoms with Gasteiger partial charge in [0.25, 0.3) is 5.91 Å². The van der Waals surface area contributed by atoms with Gasteiger partial charge in [0.15, 0.2) is 5.96 Å². The van der Waals surface area contributed by atoms with Crippen LogP contribution in [0.2, 0.25) is 0 Å². The first kappa shape index (κ1) is 21.1. The van der Waals surface area contributed by atoms with Crippen molar-refractivity contribution in [3.05, 3.63) is 89.7 Å². The summed E-state index contributed by atoms with van der Waals surface area (Å²) in [5.41, 5.74) is 3.00. The monoisotopic (exact) mass is 404 g/mol. The fraction of sp³-hybridized carbons (Fsp3) is 0.261. The molecule has 0 aliphatic heterocycles. The van der Waals surface area contributed by atoms with Crippen LogP contribution in [0.3, 0.4) is 0 Å². The number of amides is 1. The third-order valence-corrected chi connectivity index (χ3v) is 4.50. The van der Waals surface area contributed by atoms with Crippen molar-refractivity contribution in [1.29, 1.82) is 0 Å². The van der Waals surface area contributed by atoms with Crippen LogP contribution in [0, 0.1) is 0 Å². The molecule has 0 spiro atoms. The molecular weight excluding hydrogens is 376 g/mol. The van der Waals surface area contributed by atoms with Gasteiger partial charge in [0, 0.05) is 37.6 Å². The average Bonchev–Trinajstić information content (AvgIpc) is 3.29. The Labute approximate surface area is 177 Å². The van der Waals surface area contributed by atoms with Gasteiger partial charge in [-0.15, -0.1) is 0 Å². The molecule has 3 N–H and O–H groups in total. The van der Waals surface area contributed by atoms with E-state index in [2.05, 4.69) is 33.2 Å². The number of benzene rings is 2. The Kier molecular flexibility index (Phi) is 8.02. The molecule has 0 unspecified atom stereocenters. The highest BCUT2D eigenvalue weighted by molar-refractivity contribution is 5.94. The van der Waals surface area contributed by atoms with E-state index in [1.807, 2.05) is 54.2 Å². The van der Waals surface area contributed by atoms with E-state index in [1.165, 1.54) is 5.56 Å². The standard InChI is InChI=1S/C23H28N6O/c1-2-24-23(26-15-14-25-22(30)19-9-4-3-5-10-19)27-17-20-11-6-7-12-21(20)18-29-16-8-13-28-29/h3-13,16H,2,14-15,17-18H2,1H3,(H,25,30)(H2,24,26,27). The Morgan fingerprint density at radius 3 is 2.40 bits per heavy atom. The van der Waals surface area contributed by atoms with E-state index in [-0.39, 0.29) is 5.91 Å². The van der Waals surface area contributed by atoms with Gasteiger partial charge >= 0.3 is 0 Å². The molecule has 0 bridgehead atoms. The van der Waals surface area contributed by atoms with Crippen LogP contribution in [-0.2, 0) is 13.1 Å². The lowest BCUT2D eigenvalue weighted by molar-refractivity contribution is 0.0954. The molecule has 156 valence electrons. The number of nitrogens with zero attached hydrogens (tertiary/aromatic N) is 3. The highest BCUT2D eigenvalue weighted by Crippen LogP contribution is 2.11. The molecular formula is C23H28N6O. The van der Waals surface area contributed by atoms with Gasteiger partial charge in [0.2, 0.25) is 0 Å². The number of hydrogen-bond donors (Lipinski definition) is 3. The second-order valence-electron chi connectivity index (χ2n) is 6.72. The predicted molar refractivity (Wildman–Crippen MR) is 119 cm³/mol. The smallest absolute Gasteiger partial charge is 0.251 e. The van der Waals surface area contributed by atoms with E-state index in [1.54, 1.807) is 18.3 Å². The number of hydrogen-bond acceptors (Lipinski definition) is 3. The quantitative estimate of drug-likeness (QED) is 0.291. The molecule has 1 aromatic heterocycles.